The van der Waals surface area contributed by atoms with Gasteiger partial charge in [0.2, 0.25) is 0 Å². The third-order valence-corrected chi connectivity index (χ3v) is 2.85. The Morgan fingerprint density at radius 1 is 1.39 bits per heavy atom. The van der Waals surface area contributed by atoms with E-state index in [4.69, 9.17) is 15.9 Å². The highest BCUT2D eigenvalue weighted by molar-refractivity contribution is 5.94. The van der Waals surface area contributed by atoms with E-state index < -0.39 is 0 Å². The molecule has 4 heteroatoms. The Morgan fingerprint density at radius 3 is 2.56 bits per heavy atom. The number of rotatable bonds is 8. The quantitative estimate of drug-likeness (QED) is 0.546. The lowest BCUT2D eigenvalue weighted by Crippen LogP contribution is -2.13. The third kappa shape index (κ3) is 4.57. The molecule has 1 radical (unpaired) electrons. The smallest absolute Gasteiger partial charge is 0.417 e. The van der Waals surface area contributed by atoms with Gasteiger partial charge in [-0.3, -0.25) is 5.41 Å². The minimum Gasteiger partial charge on any atom is -0.454 e. The van der Waals surface area contributed by atoms with Crippen LogP contribution in [-0.4, -0.2) is 18.4 Å². The lowest BCUT2D eigenvalue weighted by molar-refractivity contribution is 0.157. The van der Waals surface area contributed by atoms with E-state index in [-0.39, 0.29) is 11.9 Å². The molecule has 0 aromatic heterocycles. The highest BCUT2D eigenvalue weighted by Crippen LogP contribution is 2.12. The molecule has 0 aliphatic carbocycles. The first-order chi connectivity index (χ1) is 8.67. The Hall–Kier alpha value is -1.84. The van der Waals surface area contributed by atoms with Gasteiger partial charge in [0.25, 0.3) is 0 Å². The summed E-state index contributed by atoms with van der Waals surface area (Å²) in [5.41, 5.74) is 7.26. The highest BCUT2D eigenvalue weighted by atomic mass is 16.5. The van der Waals surface area contributed by atoms with Crippen molar-refractivity contribution in [1.29, 1.82) is 5.41 Å². The van der Waals surface area contributed by atoms with E-state index in [1.165, 1.54) is 6.47 Å². The predicted octanol–water partition coefficient (Wildman–Crippen LogP) is 2.16. The van der Waals surface area contributed by atoms with Crippen LogP contribution >= 0.6 is 0 Å². The molecule has 0 amide bonds. The fourth-order valence-corrected chi connectivity index (χ4v) is 1.83. The zero-order valence-corrected chi connectivity index (χ0v) is 10.6. The van der Waals surface area contributed by atoms with E-state index >= 15 is 0 Å². The molecule has 1 unspecified atom stereocenters. The molecule has 0 fully saturated rings. The second-order valence-electron chi connectivity index (χ2n) is 4.26. The largest absolute Gasteiger partial charge is 0.454 e. The number of nitrogen functional groups attached to an aromatic ring is 1. The molecule has 0 saturated heterocycles. The molecule has 18 heavy (non-hydrogen) atoms. The van der Waals surface area contributed by atoms with Gasteiger partial charge >= 0.3 is 6.47 Å². The minimum absolute atomic E-state index is 0.0556. The summed E-state index contributed by atoms with van der Waals surface area (Å²) in [5.74, 6) is 0.0734. The number of hydrogen-bond donors (Lipinski definition) is 2. The van der Waals surface area contributed by atoms with E-state index in [1.54, 1.807) is 0 Å². The second kappa shape index (κ2) is 7.48. The average molecular weight is 247 g/mol. The number of nitrogens with one attached hydrogen (secondary N) is 1. The molecule has 0 saturated carbocycles. The number of aryl methyl sites for hydroxylation is 1. The van der Waals surface area contributed by atoms with E-state index in [1.807, 2.05) is 24.3 Å². The van der Waals surface area contributed by atoms with Crippen LogP contribution in [0.4, 0.5) is 0 Å². The standard InChI is InChI=1S/C14H19N2O2/c1-2-3-13(18-10-17)9-6-11-4-7-12(8-5-11)14(15)16/h4-5,7-8,13H,2-3,6,9H2,1H3,(H3,15,16). The van der Waals surface area contributed by atoms with Crippen LogP contribution in [0.15, 0.2) is 24.3 Å². The maximum Gasteiger partial charge on any atom is 0.417 e. The number of ether oxygens (including phenoxy) is 1. The van der Waals surface area contributed by atoms with E-state index in [2.05, 4.69) is 6.92 Å². The van der Waals surface area contributed by atoms with Gasteiger partial charge in [-0.15, -0.1) is 0 Å². The maximum absolute atomic E-state index is 10.2. The van der Waals surface area contributed by atoms with E-state index in [0.717, 1.165) is 36.8 Å². The molecule has 1 aromatic rings. The zero-order valence-electron chi connectivity index (χ0n) is 10.6. The molecular formula is C14H19N2O2. The summed E-state index contributed by atoms with van der Waals surface area (Å²) < 4.78 is 4.91. The number of benzene rings is 1. The summed E-state index contributed by atoms with van der Waals surface area (Å²) in [4.78, 5) is 10.2. The van der Waals surface area contributed by atoms with Gasteiger partial charge in [0.15, 0.2) is 0 Å². The van der Waals surface area contributed by atoms with Crippen molar-refractivity contribution in [3.63, 3.8) is 0 Å². The van der Waals surface area contributed by atoms with E-state index in [0.29, 0.717) is 0 Å². The summed E-state index contributed by atoms with van der Waals surface area (Å²) in [6, 6.07) is 7.56. The summed E-state index contributed by atoms with van der Waals surface area (Å²) in [7, 11) is 0. The number of carbonyl (C=O) groups excluding carboxylic acids is 1. The van der Waals surface area contributed by atoms with Crippen molar-refractivity contribution in [2.45, 2.75) is 38.7 Å². The Balaban J connectivity index is 2.51. The summed E-state index contributed by atoms with van der Waals surface area (Å²) in [6.45, 7) is 3.58. The molecule has 0 bridgehead atoms. The van der Waals surface area contributed by atoms with Gasteiger partial charge in [-0.2, -0.15) is 0 Å². The van der Waals surface area contributed by atoms with Gasteiger partial charge in [-0.25, -0.2) is 4.79 Å². The van der Waals surface area contributed by atoms with Gasteiger partial charge in [-0.1, -0.05) is 37.6 Å². The summed E-state index contributed by atoms with van der Waals surface area (Å²) >= 11 is 0. The van der Waals surface area contributed by atoms with Crippen molar-refractivity contribution in [3.8, 4) is 0 Å². The monoisotopic (exact) mass is 247 g/mol. The van der Waals surface area contributed by atoms with Gasteiger partial charge in [0.1, 0.15) is 11.9 Å². The normalized spacial score (nSPS) is 11.8. The van der Waals surface area contributed by atoms with Crippen molar-refractivity contribution >= 4 is 12.3 Å². The van der Waals surface area contributed by atoms with Crippen molar-refractivity contribution in [3.05, 3.63) is 35.4 Å². The maximum atomic E-state index is 10.2. The van der Waals surface area contributed by atoms with Crippen LogP contribution in [0.25, 0.3) is 0 Å². The van der Waals surface area contributed by atoms with E-state index in [9.17, 15) is 4.79 Å². The molecular weight excluding hydrogens is 228 g/mol. The molecule has 0 spiro atoms. The van der Waals surface area contributed by atoms with Crippen molar-refractivity contribution in [1.82, 2.24) is 0 Å². The summed E-state index contributed by atoms with van der Waals surface area (Å²) in [5, 5.41) is 7.30. The lowest BCUT2D eigenvalue weighted by Gasteiger charge is -2.13. The number of amidine groups is 1. The van der Waals surface area contributed by atoms with Crippen LogP contribution in [0, 0.1) is 5.41 Å². The Labute approximate surface area is 108 Å². The molecule has 97 valence electrons. The average Bonchev–Trinajstić information content (AvgIpc) is 2.37. The zero-order chi connectivity index (χ0) is 13.4. The highest BCUT2D eigenvalue weighted by Gasteiger charge is 2.08. The van der Waals surface area contributed by atoms with Gasteiger partial charge in [0, 0.05) is 5.56 Å². The van der Waals surface area contributed by atoms with Gasteiger partial charge in [-0.05, 0) is 24.8 Å². The number of nitrogens with two attached hydrogens (primary N) is 1. The molecule has 3 N–H and O–H groups in total. The van der Waals surface area contributed by atoms with Crippen LogP contribution in [0.1, 0.15) is 37.3 Å². The molecule has 0 aliphatic heterocycles. The van der Waals surface area contributed by atoms with Crippen LogP contribution in [0.2, 0.25) is 0 Å². The molecule has 0 aliphatic rings. The fourth-order valence-electron chi connectivity index (χ4n) is 1.83. The fraction of sp³-hybridized carbons (Fsp3) is 0.429. The minimum atomic E-state index is -0.0556. The second-order valence-corrected chi connectivity index (χ2v) is 4.26. The topological polar surface area (TPSA) is 76.2 Å². The Morgan fingerprint density at radius 2 is 2.06 bits per heavy atom. The SMILES string of the molecule is CCCC(CCc1ccc(C(=N)N)cc1)O[C]=O. The van der Waals surface area contributed by atoms with Crippen LogP contribution < -0.4 is 5.73 Å². The molecule has 1 rings (SSSR count). The third-order valence-electron chi connectivity index (χ3n) is 2.85. The van der Waals surface area contributed by atoms with Crippen molar-refractivity contribution in [2.75, 3.05) is 0 Å². The van der Waals surface area contributed by atoms with Gasteiger partial charge < -0.3 is 10.5 Å². The molecule has 1 atom stereocenters. The first-order valence-electron chi connectivity index (χ1n) is 6.13. The first-order valence-corrected chi connectivity index (χ1v) is 6.13. The summed E-state index contributed by atoms with van der Waals surface area (Å²) in [6.07, 6.45) is 3.42. The Kier molecular flexibility index (Phi) is 5.91. The lowest BCUT2D eigenvalue weighted by atomic mass is 10.0. The Bertz CT molecular complexity index is 387. The number of hydrogen-bond acceptors (Lipinski definition) is 3. The van der Waals surface area contributed by atoms with Crippen LogP contribution in [-0.2, 0) is 16.0 Å². The van der Waals surface area contributed by atoms with Crippen LogP contribution in [0.5, 0.6) is 0 Å². The first kappa shape index (κ1) is 14.2. The molecule has 0 heterocycles. The van der Waals surface area contributed by atoms with Crippen molar-refractivity contribution in [2.24, 2.45) is 5.73 Å². The van der Waals surface area contributed by atoms with Crippen molar-refractivity contribution < 1.29 is 9.53 Å². The molecule has 4 nitrogen and oxygen atoms in total. The predicted molar refractivity (Wildman–Crippen MR) is 71.3 cm³/mol. The van der Waals surface area contributed by atoms with Crippen LogP contribution in [0.3, 0.4) is 0 Å². The van der Waals surface area contributed by atoms with Gasteiger partial charge in [0.05, 0.1) is 0 Å². The molecule has 1 aromatic carbocycles.